The summed E-state index contributed by atoms with van der Waals surface area (Å²) in [6.07, 6.45) is 1.75. The molecular formula is C21H20N4O4. The lowest BCUT2D eigenvalue weighted by atomic mass is 10.1. The third-order valence-corrected chi connectivity index (χ3v) is 4.34. The van der Waals surface area contributed by atoms with E-state index in [1.54, 1.807) is 12.3 Å². The monoisotopic (exact) mass is 392 g/mol. The first-order chi connectivity index (χ1) is 14.1. The maximum Gasteiger partial charge on any atom is 0.273 e. The SMILES string of the molecule is CC(C)c1cc(CNC(=O)c2cc(COc3ccc4ncccc4c3)on2)on1. The Labute approximate surface area is 166 Å². The van der Waals surface area contributed by atoms with Crippen LogP contribution in [-0.4, -0.2) is 21.2 Å². The van der Waals surface area contributed by atoms with Crippen molar-refractivity contribution in [3.05, 3.63) is 71.6 Å². The lowest BCUT2D eigenvalue weighted by molar-refractivity contribution is 0.0937. The van der Waals surface area contributed by atoms with Crippen LogP contribution in [0.3, 0.4) is 0 Å². The van der Waals surface area contributed by atoms with Crippen molar-refractivity contribution in [2.45, 2.75) is 32.9 Å². The van der Waals surface area contributed by atoms with Crippen molar-refractivity contribution >= 4 is 16.8 Å². The number of pyridine rings is 1. The van der Waals surface area contributed by atoms with Crippen LogP contribution in [0.2, 0.25) is 0 Å². The van der Waals surface area contributed by atoms with E-state index < -0.39 is 0 Å². The van der Waals surface area contributed by atoms with E-state index in [9.17, 15) is 4.79 Å². The number of benzene rings is 1. The molecule has 0 bridgehead atoms. The molecule has 0 radical (unpaired) electrons. The Bertz CT molecular complexity index is 1130. The van der Waals surface area contributed by atoms with Gasteiger partial charge in [0.15, 0.2) is 17.2 Å². The molecule has 8 heteroatoms. The second kappa shape index (κ2) is 8.14. The molecule has 29 heavy (non-hydrogen) atoms. The number of rotatable bonds is 7. The van der Waals surface area contributed by atoms with Gasteiger partial charge in [0, 0.05) is 23.7 Å². The predicted octanol–water partition coefficient (Wildman–Crippen LogP) is 3.84. The summed E-state index contributed by atoms with van der Waals surface area (Å²) in [4.78, 5) is 16.5. The van der Waals surface area contributed by atoms with E-state index in [0.717, 1.165) is 16.6 Å². The average Bonchev–Trinajstić information content (AvgIpc) is 3.40. The molecular weight excluding hydrogens is 372 g/mol. The number of carbonyl (C=O) groups is 1. The van der Waals surface area contributed by atoms with Gasteiger partial charge in [-0.3, -0.25) is 9.78 Å². The topological polar surface area (TPSA) is 103 Å². The van der Waals surface area contributed by atoms with E-state index in [2.05, 4.69) is 20.6 Å². The minimum Gasteiger partial charge on any atom is -0.486 e. The molecule has 1 amide bonds. The lowest BCUT2D eigenvalue weighted by Gasteiger charge is -2.04. The third-order valence-electron chi connectivity index (χ3n) is 4.34. The van der Waals surface area contributed by atoms with Gasteiger partial charge in [-0.25, -0.2) is 0 Å². The van der Waals surface area contributed by atoms with Crippen molar-refractivity contribution < 1.29 is 18.6 Å². The van der Waals surface area contributed by atoms with Crippen molar-refractivity contribution in [3.8, 4) is 5.75 Å². The normalized spacial score (nSPS) is 11.1. The first-order valence-electron chi connectivity index (χ1n) is 9.25. The van der Waals surface area contributed by atoms with Crippen LogP contribution >= 0.6 is 0 Å². The highest BCUT2D eigenvalue weighted by atomic mass is 16.5. The molecule has 0 atom stereocenters. The number of ether oxygens (including phenoxy) is 1. The van der Waals surface area contributed by atoms with Crippen LogP contribution in [-0.2, 0) is 13.2 Å². The summed E-state index contributed by atoms with van der Waals surface area (Å²) in [6.45, 7) is 4.43. The highest BCUT2D eigenvalue weighted by Crippen LogP contribution is 2.20. The summed E-state index contributed by atoms with van der Waals surface area (Å²) in [7, 11) is 0. The molecule has 0 aliphatic heterocycles. The van der Waals surface area contributed by atoms with Gasteiger partial charge < -0.3 is 19.1 Å². The van der Waals surface area contributed by atoms with Gasteiger partial charge in [-0.05, 0) is 30.2 Å². The molecule has 0 saturated heterocycles. The zero-order valence-corrected chi connectivity index (χ0v) is 16.1. The van der Waals surface area contributed by atoms with Gasteiger partial charge in [0.25, 0.3) is 5.91 Å². The van der Waals surface area contributed by atoms with Crippen LogP contribution in [0.5, 0.6) is 5.75 Å². The van der Waals surface area contributed by atoms with E-state index in [1.807, 2.05) is 50.2 Å². The van der Waals surface area contributed by atoms with Crippen LogP contribution < -0.4 is 10.1 Å². The molecule has 0 saturated carbocycles. The van der Waals surface area contributed by atoms with Crippen LogP contribution in [0.25, 0.3) is 10.9 Å². The van der Waals surface area contributed by atoms with Gasteiger partial charge >= 0.3 is 0 Å². The zero-order valence-electron chi connectivity index (χ0n) is 16.1. The van der Waals surface area contributed by atoms with E-state index in [1.165, 1.54) is 0 Å². The molecule has 8 nitrogen and oxygen atoms in total. The highest BCUT2D eigenvalue weighted by molar-refractivity contribution is 5.92. The summed E-state index contributed by atoms with van der Waals surface area (Å²) in [5, 5.41) is 11.5. The molecule has 0 aliphatic carbocycles. The molecule has 0 aliphatic rings. The van der Waals surface area contributed by atoms with Crippen molar-refractivity contribution in [1.29, 1.82) is 0 Å². The highest BCUT2D eigenvalue weighted by Gasteiger charge is 2.14. The minimum atomic E-state index is -0.362. The maximum atomic E-state index is 12.2. The van der Waals surface area contributed by atoms with Gasteiger partial charge in [0.05, 0.1) is 17.8 Å². The van der Waals surface area contributed by atoms with E-state index in [4.69, 9.17) is 13.8 Å². The number of hydrogen-bond acceptors (Lipinski definition) is 7. The number of carbonyl (C=O) groups excluding carboxylic acids is 1. The van der Waals surface area contributed by atoms with Crippen LogP contribution in [0.15, 0.2) is 57.7 Å². The molecule has 1 aromatic carbocycles. The Morgan fingerprint density at radius 2 is 1.97 bits per heavy atom. The second-order valence-corrected chi connectivity index (χ2v) is 6.88. The van der Waals surface area contributed by atoms with Crippen molar-refractivity contribution in [2.75, 3.05) is 0 Å². The number of aromatic nitrogens is 3. The quantitative estimate of drug-likeness (QED) is 0.509. The fourth-order valence-corrected chi connectivity index (χ4v) is 2.73. The van der Waals surface area contributed by atoms with E-state index in [-0.39, 0.29) is 30.7 Å². The molecule has 3 aromatic heterocycles. The Balaban J connectivity index is 1.32. The summed E-state index contributed by atoms with van der Waals surface area (Å²) >= 11 is 0. The van der Waals surface area contributed by atoms with Crippen LogP contribution in [0.1, 0.15) is 47.5 Å². The Morgan fingerprint density at radius 3 is 2.79 bits per heavy atom. The fraction of sp³-hybridized carbons (Fsp3) is 0.238. The standard InChI is InChI=1S/C21H20N4O4/c1-13(2)19-9-16(28-24-19)11-23-21(26)20-10-17(29-25-20)12-27-15-5-6-18-14(8-15)4-3-7-22-18/h3-10,13H,11-12H2,1-2H3,(H,23,26). The molecule has 0 spiro atoms. The van der Waals surface area contributed by atoms with Crippen LogP contribution in [0, 0.1) is 0 Å². The third kappa shape index (κ3) is 4.43. The molecule has 0 fully saturated rings. The first-order valence-corrected chi connectivity index (χ1v) is 9.25. The number of nitrogens with zero attached hydrogens (tertiary/aromatic N) is 3. The lowest BCUT2D eigenvalue weighted by Crippen LogP contribution is -2.22. The minimum absolute atomic E-state index is 0.159. The van der Waals surface area contributed by atoms with Gasteiger partial charge in [-0.2, -0.15) is 0 Å². The predicted molar refractivity (Wildman–Crippen MR) is 104 cm³/mol. The summed E-state index contributed by atoms with van der Waals surface area (Å²) in [6, 6.07) is 12.8. The summed E-state index contributed by atoms with van der Waals surface area (Å²) in [5.74, 6) is 1.61. The first kappa shape index (κ1) is 18.7. The molecule has 3 heterocycles. The Kier molecular flexibility index (Phi) is 5.24. The Morgan fingerprint density at radius 1 is 1.10 bits per heavy atom. The fourth-order valence-electron chi connectivity index (χ4n) is 2.73. The summed E-state index contributed by atoms with van der Waals surface area (Å²) in [5.41, 5.74) is 1.92. The molecule has 1 N–H and O–H groups in total. The smallest absolute Gasteiger partial charge is 0.273 e. The largest absolute Gasteiger partial charge is 0.486 e. The second-order valence-electron chi connectivity index (χ2n) is 6.88. The number of hydrogen-bond donors (Lipinski definition) is 1. The number of nitrogens with one attached hydrogen (secondary N) is 1. The summed E-state index contributed by atoms with van der Waals surface area (Å²) < 4.78 is 16.1. The Hall–Kier alpha value is -3.68. The number of amides is 1. The molecule has 0 unspecified atom stereocenters. The van der Waals surface area contributed by atoms with E-state index in [0.29, 0.717) is 17.3 Å². The van der Waals surface area contributed by atoms with Gasteiger partial charge in [-0.1, -0.05) is 30.2 Å². The van der Waals surface area contributed by atoms with E-state index >= 15 is 0 Å². The molecule has 4 rings (SSSR count). The molecule has 4 aromatic rings. The van der Waals surface area contributed by atoms with Crippen molar-refractivity contribution in [2.24, 2.45) is 0 Å². The van der Waals surface area contributed by atoms with Crippen molar-refractivity contribution in [1.82, 2.24) is 20.6 Å². The number of fused-ring (bicyclic) bond motifs is 1. The molecule has 148 valence electrons. The average molecular weight is 392 g/mol. The van der Waals surface area contributed by atoms with Gasteiger partial charge in [0.1, 0.15) is 12.4 Å². The van der Waals surface area contributed by atoms with Crippen molar-refractivity contribution in [3.63, 3.8) is 0 Å². The zero-order chi connectivity index (χ0) is 20.2. The maximum absolute atomic E-state index is 12.2. The van der Waals surface area contributed by atoms with Gasteiger partial charge in [-0.15, -0.1) is 0 Å². The van der Waals surface area contributed by atoms with Crippen LogP contribution in [0.4, 0.5) is 0 Å². The van der Waals surface area contributed by atoms with Gasteiger partial charge in [0.2, 0.25) is 0 Å².